The summed E-state index contributed by atoms with van der Waals surface area (Å²) in [7, 11) is 0. The van der Waals surface area contributed by atoms with E-state index in [-0.39, 0.29) is 16.8 Å². The van der Waals surface area contributed by atoms with Gasteiger partial charge in [-0.15, -0.1) is 0 Å². The summed E-state index contributed by atoms with van der Waals surface area (Å²) in [5.74, 6) is -1.06. The summed E-state index contributed by atoms with van der Waals surface area (Å²) in [6, 6.07) is 8.39. The number of aromatic nitrogens is 1. The average Bonchev–Trinajstić information content (AvgIpc) is 2.42. The molecule has 6 heteroatoms. The molecule has 2 rings (SSSR count). The number of nitrogens with one attached hydrogen (secondary N) is 1. The normalized spacial score (nSPS) is 12.0. The van der Waals surface area contributed by atoms with E-state index < -0.39 is 11.7 Å². The first-order valence-electron chi connectivity index (χ1n) is 5.84. The maximum atomic E-state index is 13.1. The molecule has 104 valence electrons. The SMILES string of the molecule is C[C@H](NC(=O)c1cc(F)cnc1Cl)c1ccc(Br)cc1. The lowest BCUT2D eigenvalue weighted by molar-refractivity contribution is 0.0939. The van der Waals surface area contributed by atoms with Crippen molar-refractivity contribution in [1.82, 2.24) is 10.3 Å². The van der Waals surface area contributed by atoms with E-state index in [1.165, 1.54) is 0 Å². The third-order valence-electron chi connectivity index (χ3n) is 2.77. The van der Waals surface area contributed by atoms with Crippen molar-refractivity contribution in [3.05, 3.63) is 63.1 Å². The topological polar surface area (TPSA) is 42.0 Å². The second kappa shape index (κ2) is 6.33. The van der Waals surface area contributed by atoms with Crippen LogP contribution < -0.4 is 5.32 Å². The van der Waals surface area contributed by atoms with Crippen LogP contribution in [-0.2, 0) is 0 Å². The van der Waals surface area contributed by atoms with Crippen LogP contribution in [0.2, 0.25) is 5.15 Å². The van der Waals surface area contributed by atoms with Crippen molar-refractivity contribution in [3.8, 4) is 0 Å². The number of nitrogens with zero attached hydrogens (tertiary/aromatic N) is 1. The Hall–Kier alpha value is -1.46. The van der Waals surface area contributed by atoms with Gasteiger partial charge in [-0.1, -0.05) is 39.7 Å². The quantitative estimate of drug-likeness (QED) is 0.839. The first-order valence-corrected chi connectivity index (χ1v) is 7.02. The summed E-state index contributed by atoms with van der Waals surface area (Å²) in [6.45, 7) is 1.84. The molecule has 1 amide bonds. The van der Waals surface area contributed by atoms with Gasteiger partial charge < -0.3 is 5.32 Å². The molecule has 0 unspecified atom stereocenters. The van der Waals surface area contributed by atoms with E-state index in [1.807, 2.05) is 31.2 Å². The van der Waals surface area contributed by atoms with Crippen LogP contribution in [0.25, 0.3) is 0 Å². The highest BCUT2D eigenvalue weighted by molar-refractivity contribution is 9.10. The van der Waals surface area contributed by atoms with Crippen LogP contribution in [0, 0.1) is 5.82 Å². The molecular formula is C14H11BrClFN2O. The Kier molecular flexibility index (Phi) is 4.73. The zero-order chi connectivity index (χ0) is 14.7. The highest BCUT2D eigenvalue weighted by Gasteiger charge is 2.15. The van der Waals surface area contributed by atoms with Gasteiger partial charge in [-0.3, -0.25) is 4.79 Å². The maximum absolute atomic E-state index is 13.1. The molecule has 0 radical (unpaired) electrons. The fourth-order valence-corrected chi connectivity index (χ4v) is 2.14. The van der Waals surface area contributed by atoms with Crippen LogP contribution in [0.4, 0.5) is 4.39 Å². The molecule has 0 aliphatic carbocycles. The fraction of sp³-hybridized carbons (Fsp3) is 0.143. The molecule has 1 N–H and O–H groups in total. The number of rotatable bonds is 3. The van der Waals surface area contributed by atoms with E-state index in [4.69, 9.17) is 11.6 Å². The Bertz CT molecular complexity index is 634. The van der Waals surface area contributed by atoms with Gasteiger partial charge in [0, 0.05) is 4.47 Å². The van der Waals surface area contributed by atoms with E-state index in [2.05, 4.69) is 26.2 Å². The van der Waals surface area contributed by atoms with Gasteiger partial charge in [0.2, 0.25) is 0 Å². The number of benzene rings is 1. The molecule has 0 fully saturated rings. The van der Waals surface area contributed by atoms with Crippen LogP contribution in [0.5, 0.6) is 0 Å². The number of hydrogen-bond donors (Lipinski definition) is 1. The molecule has 2 aromatic rings. The van der Waals surface area contributed by atoms with Crippen LogP contribution in [0.3, 0.4) is 0 Å². The molecule has 0 saturated heterocycles. The average molecular weight is 358 g/mol. The predicted octanol–water partition coefficient (Wildman–Crippen LogP) is 4.13. The maximum Gasteiger partial charge on any atom is 0.254 e. The number of halogens is 3. The summed E-state index contributed by atoms with van der Waals surface area (Å²) in [5, 5.41) is 2.73. The molecule has 1 aromatic carbocycles. The Morgan fingerprint density at radius 1 is 1.40 bits per heavy atom. The van der Waals surface area contributed by atoms with Crippen molar-refractivity contribution in [1.29, 1.82) is 0 Å². The smallest absolute Gasteiger partial charge is 0.254 e. The summed E-state index contributed by atoms with van der Waals surface area (Å²) in [5.41, 5.74) is 0.956. The highest BCUT2D eigenvalue weighted by atomic mass is 79.9. The molecule has 1 aromatic heterocycles. The van der Waals surface area contributed by atoms with Crippen LogP contribution in [0.1, 0.15) is 28.9 Å². The highest BCUT2D eigenvalue weighted by Crippen LogP contribution is 2.19. The molecule has 0 aliphatic rings. The van der Waals surface area contributed by atoms with Crippen LogP contribution in [0.15, 0.2) is 41.0 Å². The minimum atomic E-state index is -0.601. The van der Waals surface area contributed by atoms with Crippen molar-refractivity contribution >= 4 is 33.4 Å². The summed E-state index contributed by atoms with van der Waals surface area (Å²) in [6.07, 6.45) is 0.970. The standard InChI is InChI=1S/C14H11BrClFN2O/c1-8(9-2-4-10(15)5-3-9)19-14(20)12-6-11(17)7-18-13(12)16/h2-8H,1H3,(H,19,20)/t8-/m0/s1. The van der Waals surface area contributed by atoms with Gasteiger partial charge in [-0.2, -0.15) is 0 Å². The Labute approximate surface area is 129 Å². The lowest BCUT2D eigenvalue weighted by Crippen LogP contribution is -2.27. The summed E-state index contributed by atoms with van der Waals surface area (Å²) in [4.78, 5) is 15.7. The predicted molar refractivity (Wildman–Crippen MR) is 79.2 cm³/mol. The van der Waals surface area contributed by atoms with E-state index in [9.17, 15) is 9.18 Å². The Balaban J connectivity index is 2.15. The molecule has 0 bridgehead atoms. The molecule has 1 atom stereocenters. The van der Waals surface area contributed by atoms with E-state index in [0.29, 0.717) is 0 Å². The molecule has 0 spiro atoms. The molecule has 20 heavy (non-hydrogen) atoms. The van der Waals surface area contributed by atoms with Crippen molar-refractivity contribution in [3.63, 3.8) is 0 Å². The van der Waals surface area contributed by atoms with E-state index in [1.54, 1.807) is 0 Å². The number of amides is 1. The zero-order valence-electron chi connectivity index (χ0n) is 10.5. The Morgan fingerprint density at radius 2 is 2.05 bits per heavy atom. The first-order chi connectivity index (χ1) is 9.47. The van der Waals surface area contributed by atoms with Gasteiger partial charge in [0.15, 0.2) is 0 Å². The Morgan fingerprint density at radius 3 is 2.70 bits per heavy atom. The molecule has 3 nitrogen and oxygen atoms in total. The van der Waals surface area contributed by atoms with Crippen molar-refractivity contribution < 1.29 is 9.18 Å². The summed E-state index contributed by atoms with van der Waals surface area (Å²) < 4.78 is 14.1. The van der Waals surface area contributed by atoms with Gasteiger partial charge in [0.1, 0.15) is 11.0 Å². The lowest BCUT2D eigenvalue weighted by Gasteiger charge is -2.14. The number of hydrogen-bond acceptors (Lipinski definition) is 2. The summed E-state index contributed by atoms with van der Waals surface area (Å²) >= 11 is 9.14. The molecule has 0 saturated carbocycles. The largest absolute Gasteiger partial charge is 0.345 e. The lowest BCUT2D eigenvalue weighted by atomic mass is 10.1. The van der Waals surface area contributed by atoms with Gasteiger partial charge in [0.25, 0.3) is 5.91 Å². The van der Waals surface area contributed by atoms with Gasteiger partial charge in [-0.25, -0.2) is 9.37 Å². The van der Waals surface area contributed by atoms with Crippen LogP contribution >= 0.6 is 27.5 Å². The fourth-order valence-electron chi connectivity index (χ4n) is 1.69. The number of carbonyl (C=O) groups is 1. The molecular weight excluding hydrogens is 347 g/mol. The van der Waals surface area contributed by atoms with Gasteiger partial charge >= 0.3 is 0 Å². The van der Waals surface area contributed by atoms with Crippen LogP contribution in [-0.4, -0.2) is 10.9 Å². The minimum absolute atomic E-state index is 0.0214. The number of carbonyl (C=O) groups excluding carboxylic acids is 1. The second-order valence-corrected chi connectivity index (χ2v) is 5.51. The number of pyridine rings is 1. The van der Waals surface area contributed by atoms with E-state index in [0.717, 1.165) is 22.3 Å². The zero-order valence-corrected chi connectivity index (χ0v) is 12.9. The van der Waals surface area contributed by atoms with Gasteiger partial charge in [0.05, 0.1) is 17.8 Å². The first kappa shape index (κ1) is 14.9. The molecule has 0 aliphatic heterocycles. The molecule has 1 heterocycles. The third kappa shape index (κ3) is 3.55. The second-order valence-electron chi connectivity index (χ2n) is 4.24. The monoisotopic (exact) mass is 356 g/mol. The van der Waals surface area contributed by atoms with Crippen molar-refractivity contribution in [2.45, 2.75) is 13.0 Å². The van der Waals surface area contributed by atoms with Crippen molar-refractivity contribution in [2.75, 3.05) is 0 Å². The third-order valence-corrected chi connectivity index (χ3v) is 3.60. The van der Waals surface area contributed by atoms with Gasteiger partial charge in [-0.05, 0) is 30.7 Å². The minimum Gasteiger partial charge on any atom is -0.345 e. The van der Waals surface area contributed by atoms with Crippen molar-refractivity contribution in [2.24, 2.45) is 0 Å². The van der Waals surface area contributed by atoms with E-state index >= 15 is 0 Å².